The molecule has 0 aliphatic carbocycles. The molecule has 0 aromatic carbocycles. The van der Waals surface area contributed by atoms with Crippen LogP contribution in [0.4, 0.5) is 0 Å². The van der Waals surface area contributed by atoms with Gasteiger partial charge in [-0.2, -0.15) is 11.8 Å². The van der Waals surface area contributed by atoms with E-state index in [1.807, 2.05) is 0 Å². The lowest BCUT2D eigenvalue weighted by Crippen LogP contribution is -2.23. The Hall–Kier alpha value is 0.460. The van der Waals surface area contributed by atoms with Crippen molar-refractivity contribution < 1.29 is 9.32 Å². The summed E-state index contributed by atoms with van der Waals surface area (Å²) in [6.07, 6.45) is 0.690. The maximum absolute atomic E-state index is 11.0. The molecule has 1 heterocycles. The topological polar surface area (TPSA) is 37.3 Å². The van der Waals surface area contributed by atoms with Gasteiger partial charge in [0.25, 0.3) is 0 Å². The van der Waals surface area contributed by atoms with Gasteiger partial charge >= 0.3 is 0 Å². The van der Waals surface area contributed by atoms with Gasteiger partial charge in [0.2, 0.25) is 0 Å². The van der Waals surface area contributed by atoms with Crippen LogP contribution in [0.25, 0.3) is 0 Å². The largest absolute Gasteiger partial charge is 0.391 e. The quantitative estimate of drug-likeness (QED) is 0.580. The Morgan fingerprint density at radius 3 is 3.20 bits per heavy atom. The summed E-state index contributed by atoms with van der Waals surface area (Å²) < 4.78 is 11.0. The number of aliphatic hydroxyl groups is 1. The molecule has 1 saturated heterocycles. The fourth-order valence-corrected chi connectivity index (χ4v) is 3.30. The summed E-state index contributed by atoms with van der Waals surface area (Å²) in [6.45, 7) is 0. The molecule has 4 heteroatoms. The van der Waals surface area contributed by atoms with Crippen molar-refractivity contribution in [2.45, 2.75) is 12.5 Å². The minimum absolute atomic E-state index is 0.342. The molecule has 0 saturated carbocycles. The molecule has 60 valence electrons. The lowest BCUT2D eigenvalue weighted by molar-refractivity contribution is 0.223. The molecule has 0 amide bonds. The average molecular weight is 180 g/mol. The molecule has 1 aliphatic rings. The van der Waals surface area contributed by atoms with Gasteiger partial charge < -0.3 is 5.11 Å². The third-order valence-electron chi connectivity index (χ3n) is 1.35. The molecule has 2 atom stereocenters. The van der Waals surface area contributed by atoms with E-state index in [0.29, 0.717) is 5.75 Å². The maximum atomic E-state index is 11.0. The van der Waals surface area contributed by atoms with E-state index in [9.17, 15) is 9.32 Å². The first-order valence-corrected chi connectivity index (χ1v) is 6.04. The van der Waals surface area contributed by atoms with E-state index < -0.39 is 10.8 Å². The molecule has 1 aliphatic heterocycles. The monoisotopic (exact) mass is 180 g/mol. The summed E-state index contributed by atoms with van der Waals surface area (Å²) >= 11 is 1.75. The molecule has 10 heavy (non-hydrogen) atoms. The zero-order chi connectivity index (χ0) is 7.40. The van der Waals surface area contributed by atoms with E-state index in [-0.39, 0.29) is 6.10 Å². The summed E-state index contributed by atoms with van der Waals surface area (Å²) in [5.74, 6) is 3.05. The summed E-state index contributed by atoms with van der Waals surface area (Å²) in [4.78, 5) is 0. The van der Waals surface area contributed by atoms with E-state index in [2.05, 4.69) is 0 Å². The number of thioether (sulfide) groups is 1. The smallest absolute Gasteiger partial charge is 0.0745 e. The van der Waals surface area contributed by atoms with Crippen molar-refractivity contribution >= 4 is 22.6 Å². The summed E-state index contributed by atoms with van der Waals surface area (Å²) in [5, 5.41) is 9.17. The van der Waals surface area contributed by atoms with Gasteiger partial charge in [0, 0.05) is 22.3 Å². The molecular formula is C6H12O2S2. The molecule has 2 nitrogen and oxygen atoms in total. The Balaban J connectivity index is 2.32. The third kappa shape index (κ3) is 3.03. The summed E-state index contributed by atoms with van der Waals surface area (Å²) in [7, 11) is -0.762. The Labute approximate surface area is 67.8 Å². The second-order valence-electron chi connectivity index (χ2n) is 2.39. The highest BCUT2D eigenvalue weighted by molar-refractivity contribution is 7.99. The van der Waals surface area contributed by atoms with E-state index >= 15 is 0 Å². The van der Waals surface area contributed by atoms with Crippen LogP contribution >= 0.6 is 11.8 Å². The van der Waals surface area contributed by atoms with Crippen molar-refractivity contribution in [3.63, 3.8) is 0 Å². The van der Waals surface area contributed by atoms with Crippen LogP contribution in [0.5, 0.6) is 0 Å². The van der Waals surface area contributed by atoms with Gasteiger partial charge in [0.05, 0.1) is 11.9 Å². The summed E-state index contributed by atoms with van der Waals surface area (Å²) in [6, 6.07) is 0. The summed E-state index contributed by atoms with van der Waals surface area (Å²) in [5.41, 5.74) is 0. The lowest BCUT2D eigenvalue weighted by Gasteiger charge is -2.12. The number of hydrogen-bond acceptors (Lipinski definition) is 3. The van der Waals surface area contributed by atoms with Gasteiger partial charge in [-0.25, -0.2) is 0 Å². The second-order valence-corrected chi connectivity index (χ2v) is 5.16. The standard InChI is InChI=1S/C6H12O2S2/c7-6-4-9-2-1-3-10(8)5-6/h6-7H,1-5H2/t6-,10?/m0/s1. The SMILES string of the molecule is O=S1CCCSC[C@H](O)C1. The van der Waals surface area contributed by atoms with Gasteiger partial charge in [-0.15, -0.1) is 0 Å². The van der Waals surface area contributed by atoms with Gasteiger partial charge in [-0.05, 0) is 12.2 Å². The Morgan fingerprint density at radius 1 is 1.60 bits per heavy atom. The molecule has 1 unspecified atom stereocenters. The first-order chi connectivity index (χ1) is 4.79. The van der Waals surface area contributed by atoms with Crippen molar-refractivity contribution in [1.29, 1.82) is 0 Å². The van der Waals surface area contributed by atoms with Gasteiger partial charge in [0.15, 0.2) is 0 Å². The highest BCUT2D eigenvalue weighted by Crippen LogP contribution is 2.10. The van der Waals surface area contributed by atoms with Crippen LogP contribution in [0.2, 0.25) is 0 Å². The minimum atomic E-state index is -0.762. The van der Waals surface area contributed by atoms with Crippen molar-refractivity contribution in [2.24, 2.45) is 0 Å². The molecule has 0 aromatic heterocycles. The normalized spacial score (nSPS) is 36.5. The van der Waals surface area contributed by atoms with Crippen LogP contribution in [0.3, 0.4) is 0 Å². The van der Waals surface area contributed by atoms with E-state index in [1.54, 1.807) is 11.8 Å². The van der Waals surface area contributed by atoms with Crippen LogP contribution in [-0.2, 0) is 10.8 Å². The number of rotatable bonds is 0. The molecule has 0 aromatic rings. The third-order valence-corrected chi connectivity index (χ3v) is 4.05. The van der Waals surface area contributed by atoms with Gasteiger partial charge in [-0.1, -0.05) is 0 Å². The molecule has 1 fully saturated rings. The number of hydrogen-bond donors (Lipinski definition) is 1. The Bertz CT molecular complexity index is 127. The predicted molar refractivity (Wildman–Crippen MR) is 45.8 cm³/mol. The molecule has 0 spiro atoms. The molecule has 1 N–H and O–H groups in total. The second kappa shape index (κ2) is 4.36. The zero-order valence-corrected chi connectivity index (χ0v) is 7.42. The van der Waals surface area contributed by atoms with Crippen molar-refractivity contribution in [1.82, 2.24) is 0 Å². The fraction of sp³-hybridized carbons (Fsp3) is 1.00. The van der Waals surface area contributed by atoms with E-state index in [1.165, 1.54) is 0 Å². The maximum Gasteiger partial charge on any atom is 0.0745 e. The highest BCUT2D eigenvalue weighted by atomic mass is 32.2. The lowest BCUT2D eigenvalue weighted by atomic mass is 10.5. The van der Waals surface area contributed by atoms with Gasteiger partial charge in [0.1, 0.15) is 0 Å². The molecular weight excluding hydrogens is 168 g/mol. The van der Waals surface area contributed by atoms with Gasteiger partial charge in [-0.3, -0.25) is 4.21 Å². The molecule has 0 bridgehead atoms. The van der Waals surface area contributed by atoms with Crippen molar-refractivity contribution in [3.8, 4) is 0 Å². The van der Waals surface area contributed by atoms with Crippen LogP contribution in [0.15, 0.2) is 0 Å². The first-order valence-electron chi connectivity index (χ1n) is 3.40. The van der Waals surface area contributed by atoms with E-state index in [4.69, 9.17) is 0 Å². The van der Waals surface area contributed by atoms with Crippen LogP contribution in [0, 0.1) is 0 Å². The van der Waals surface area contributed by atoms with Crippen molar-refractivity contribution in [3.05, 3.63) is 0 Å². The zero-order valence-electron chi connectivity index (χ0n) is 5.78. The highest BCUT2D eigenvalue weighted by Gasteiger charge is 2.12. The van der Waals surface area contributed by atoms with Crippen LogP contribution in [-0.4, -0.2) is 38.4 Å². The van der Waals surface area contributed by atoms with Crippen LogP contribution < -0.4 is 0 Å². The first kappa shape index (κ1) is 8.56. The minimum Gasteiger partial charge on any atom is -0.391 e. The van der Waals surface area contributed by atoms with Crippen LogP contribution in [0.1, 0.15) is 6.42 Å². The van der Waals surface area contributed by atoms with Crippen molar-refractivity contribution in [2.75, 3.05) is 23.0 Å². The molecule has 0 radical (unpaired) electrons. The molecule has 1 rings (SSSR count). The Kier molecular flexibility index (Phi) is 3.73. The fourth-order valence-electron chi connectivity index (χ4n) is 0.887. The predicted octanol–water partition coefficient (Wildman–Crippen LogP) is 0.233. The van der Waals surface area contributed by atoms with E-state index in [0.717, 1.165) is 23.7 Å². The number of aliphatic hydroxyl groups excluding tert-OH is 1. The average Bonchev–Trinajstić information content (AvgIpc) is 1.83. The Morgan fingerprint density at radius 2 is 2.40 bits per heavy atom.